The molecule has 0 bridgehead atoms. The third kappa shape index (κ3) is 3.28. The molecule has 1 aromatic heterocycles. The van der Waals surface area contributed by atoms with Crippen LogP contribution in [-0.2, 0) is 0 Å². The number of nitrogens with one attached hydrogen (secondary N) is 1. The number of alkyl halides is 3. The van der Waals surface area contributed by atoms with Gasteiger partial charge in [-0.25, -0.2) is 0 Å². The fourth-order valence-electron chi connectivity index (χ4n) is 3.02. The van der Waals surface area contributed by atoms with Gasteiger partial charge >= 0.3 is 6.18 Å². The second-order valence-electron chi connectivity index (χ2n) is 5.66. The molecule has 0 radical (unpaired) electrons. The second-order valence-corrected chi connectivity index (χ2v) is 5.66. The zero-order valence-electron chi connectivity index (χ0n) is 11.5. The first-order chi connectivity index (χ1) is 10.0. The number of rotatable bonds is 2. The molecular formula is C16H17F3N2. The van der Waals surface area contributed by atoms with Crippen LogP contribution in [0, 0.1) is 5.92 Å². The van der Waals surface area contributed by atoms with E-state index >= 15 is 0 Å². The smallest absolute Gasteiger partial charge is 0.382 e. The summed E-state index contributed by atoms with van der Waals surface area (Å²) < 4.78 is 38.5. The van der Waals surface area contributed by atoms with Gasteiger partial charge in [0.2, 0.25) is 0 Å². The molecule has 1 N–H and O–H groups in total. The Morgan fingerprint density at radius 1 is 1.14 bits per heavy atom. The highest BCUT2D eigenvalue weighted by molar-refractivity contribution is 5.82. The van der Waals surface area contributed by atoms with E-state index in [0.29, 0.717) is 6.42 Å². The van der Waals surface area contributed by atoms with Crippen molar-refractivity contribution in [3.05, 3.63) is 36.5 Å². The van der Waals surface area contributed by atoms with Gasteiger partial charge in [0.1, 0.15) is 0 Å². The summed E-state index contributed by atoms with van der Waals surface area (Å²) in [5.41, 5.74) is 1.75. The van der Waals surface area contributed by atoms with Crippen LogP contribution < -0.4 is 5.32 Å². The number of fused-ring (bicyclic) bond motifs is 1. The summed E-state index contributed by atoms with van der Waals surface area (Å²) in [5, 5.41) is 4.24. The van der Waals surface area contributed by atoms with Crippen LogP contribution in [0.15, 0.2) is 36.5 Å². The quantitative estimate of drug-likeness (QED) is 0.863. The van der Waals surface area contributed by atoms with Crippen LogP contribution in [0.5, 0.6) is 0 Å². The van der Waals surface area contributed by atoms with Crippen LogP contribution in [0.1, 0.15) is 25.7 Å². The molecule has 0 amide bonds. The minimum atomic E-state index is -4.08. The zero-order valence-corrected chi connectivity index (χ0v) is 11.5. The van der Waals surface area contributed by atoms with Gasteiger partial charge in [0.15, 0.2) is 0 Å². The minimum absolute atomic E-state index is 0.112. The van der Waals surface area contributed by atoms with Crippen molar-refractivity contribution in [2.45, 2.75) is 37.9 Å². The lowest BCUT2D eigenvalue weighted by atomic mass is 9.85. The molecule has 0 saturated heterocycles. The Balaban J connectivity index is 1.72. The average Bonchev–Trinajstić information content (AvgIpc) is 2.46. The van der Waals surface area contributed by atoms with Crippen LogP contribution in [-0.4, -0.2) is 17.2 Å². The number of hydrogen-bond donors (Lipinski definition) is 1. The number of benzene rings is 1. The third-order valence-corrected chi connectivity index (χ3v) is 4.11. The number of nitrogens with zero attached hydrogens (tertiary/aromatic N) is 1. The van der Waals surface area contributed by atoms with Gasteiger partial charge in [-0.3, -0.25) is 4.98 Å². The van der Waals surface area contributed by atoms with Crippen molar-refractivity contribution < 1.29 is 13.2 Å². The Labute approximate surface area is 121 Å². The number of halogens is 3. The molecule has 2 atom stereocenters. The number of pyridine rings is 1. The van der Waals surface area contributed by atoms with Gasteiger partial charge in [-0.2, -0.15) is 13.2 Å². The van der Waals surface area contributed by atoms with Crippen LogP contribution in [0.3, 0.4) is 0 Å². The lowest BCUT2D eigenvalue weighted by Crippen LogP contribution is -2.34. The van der Waals surface area contributed by atoms with Crippen molar-refractivity contribution >= 4 is 16.6 Å². The van der Waals surface area contributed by atoms with Gasteiger partial charge in [0.25, 0.3) is 0 Å². The molecular weight excluding hydrogens is 277 g/mol. The SMILES string of the molecule is FC(F)(F)C1CCCC(Nc2ccc3ncccc3c2)C1. The maximum atomic E-state index is 12.8. The van der Waals surface area contributed by atoms with Gasteiger partial charge in [0.05, 0.1) is 11.4 Å². The van der Waals surface area contributed by atoms with Gasteiger partial charge < -0.3 is 5.32 Å². The highest BCUT2D eigenvalue weighted by Gasteiger charge is 2.42. The van der Waals surface area contributed by atoms with Crippen molar-refractivity contribution in [1.82, 2.24) is 4.98 Å². The third-order valence-electron chi connectivity index (χ3n) is 4.11. The number of hydrogen-bond acceptors (Lipinski definition) is 2. The molecule has 1 heterocycles. The average molecular weight is 294 g/mol. The standard InChI is InChI=1S/C16H17F3N2/c17-16(18,19)12-4-1-5-13(10-12)21-14-6-7-15-11(9-14)3-2-8-20-15/h2-3,6-9,12-13,21H,1,4-5,10H2. The van der Waals surface area contributed by atoms with Crippen molar-refractivity contribution in [3.63, 3.8) is 0 Å². The topological polar surface area (TPSA) is 24.9 Å². The predicted octanol–water partition coefficient (Wildman–Crippen LogP) is 4.77. The van der Waals surface area contributed by atoms with Crippen LogP contribution in [0.25, 0.3) is 10.9 Å². The van der Waals surface area contributed by atoms with Crippen LogP contribution in [0.2, 0.25) is 0 Å². The minimum Gasteiger partial charge on any atom is -0.382 e. The molecule has 0 spiro atoms. The Bertz CT molecular complexity index is 624. The van der Waals surface area contributed by atoms with E-state index in [1.54, 1.807) is 6.20 Å². The van der Waals surface area contributed by atoms with E-state index in [1.165, 1.54) is 0 Å². The number of aromatic nitrogens is 1. The Morgan fingerprint density at radius 2 is 2.00 bits per heavy atom. The molecule has 112 valence electrons. The molecule has 2 aromatic rings. The lowest BCUT2D eigenvalue weighted by Gasteiger charge is -2.31. The summed E-state index contributed by atoms with van der Waals surface area (Å²) in [6.07, 6.45) is -0.523. The lowest BCUT2D eigenvalue weighted by molar-refractivity contribution is -0.182. The molecule has 5 heteroatoms. The summed E-state index contributed by atoms with van der Waals surface area (Å²) in [4.78, 5) is 4.24. The molecule has 2 unspecified atom stereocenters. The van der Waals surface area contributed by atoms with Gasteiger partial charge in [-0.15, -0.1) is 0 Å². The maximum absolute atomic E-state index is 12.8. The second kappa shape index (κ2) is 5.54. The summed E-state index contributed by atoms with van der Waals surface area (Å²) in [5.74, 6) is -1.18. The normalized spacial score (nSPS) is 23.2. The Hall–Kier alpha value is -1.78. The zero-order chi connectivity index (χ0) is 14.9. The first kappa shape index (κ1) is 14.2. The molecule has 1 aliphatic rings. The van der Waals surface area contributed by atoms with E-state index in [4.69, 9.17) is 0 Å². The maximum Gasteiger partial charge on any atom is 0.391 e. The van der Waals surface area contributed by atoms with Gasteiger partial charge in [0, 0.05) is 23.3 Å². The largest absolute Gasteiger partial charge is 0.391 e. The molecule has 2 nitrogen and oxygen atoms in total. The fraction of sp³-hybridized carbons (Fsp3) is 0.438. The van der Waals surface area contributed by atoms with E-state index in [1.807, 2.05) is 30.3 Å². The molecule has 3 rings (SSSR count). The predicted molar refractivity (Wildman–Crippen MR) is 77.2 cm³/mol. The molecule has 1 fully saturated rings. The molecule has 1 aliphatic carbocycles. The fourth-order valence-corrected chi connectivity index (χ4v) is 3.02. The summed E-state index contributed by atoms with van der Waals surface area (Å²) in [6, 6.07) is 9.41. The number of anilines is 1. The van der Waals surface area contributed by atoms with Crippen molar-refractivity contribution in [2.24, 2.45) is 5.92 Å². The Morgan fingerprint density at radius 3 is 2.81 bits per heavy atom. The van der Waals surface area contributed by atoms with E-state index in [0.717, 1.165) is 23.0 Å². The van der Waals surface area contributed by atoms with E-state index in [-0.39, 0.29) is 18.9 Å². The van der Waals surface area contributed by atoms with Gasteiger partial charge in [-0.05, 0) is 43.5 Å². The first-order valence-corrected chi connectivity index (χ1v) is 7.20. The van der Waals surface area contributed by atoms with E-state index < -0.39 is 12.1 Å². The molecule has 1 aromatic carbocycles. The summed E-state index contributed by atoms with van der Waals surface area (Å²) >= 11 is 0. The molecule has 21 heavy (non-hydrogen) atoms. The Kier molecular flexibility index (Phi) is 3.74. The van der Waals surface area contributed by atoms with Gasteiger partial charge in [-0.1, -0.05) is 12.5 Å². The highest BCUT2D eigenvalue weighted by Crippen LogP contribution is 2.38. The van der Waals surface area contributed by atoms with Crippen LogP contribution >= 0.6 is 0 Å². The summed E-state index contributed by atoms with van der Waals surface area (Å²) in [7, 11) is 0. The molecule has 1 saturated carbocycles. The summed E-state index contributed by atoms with van der Waals surface area (Å²) in [6.45, 7) is 0. The van der Waals surface area contributed by atoms with E-state index in [2.05, 4.69) is 10.3 Å². The van der Waals surface area contributed by atoms with Crippen molar-refractivity contribution in [3.8, 4) is 0 Å². The first-order valence-electron chi connectivity index (χ1n) is 7.20. The highest BCUT2D eigenvalue weighted by atomic mass is 19.4. The van der Waals surface area contributed by atoms with Crippen molar-refractivity contribution in [1.29, 1.82) is 0 Å². The van der Waals surface area contributed by atoms with E-state index in [9.17, 15) is 13.2 Å². The molecule has 0 aliphatic heterocycles. The monoisotopic (exact) mass is 294 g/mol. The van der Waals surface area contributed by atoms with Crippen molar-refractivity contribution in [2.75, 3.05) is 5.32 Å². The van der Waals surface area contributed by atoms with Crippen LogP contribution in [0.4, 0.5) is 18.9 Å².